The molecule has 0 aromatic rings. The fraction of sp³-hybridized carbons (Fsp3) is 0.846. The quantitative estimate of drug-likeness (QED) is 0.690. The van der Waals surface area contributed by atoms with Crippen molar-refractivity contribution in [2.45, 2.75) is 38.6 Å². The third-order valence-electron chi connectivity index (χ3n) is 3.28. The number of amides is 1. The first kappa shape index (κ1) is 15.1. The van der Waals surface area contributed by atoms with Crippen LogP contribution in [0.15, 0.2) is 0 Å². The van der Waals surface area contributed by atoms with Gasteiger partial charge in [0.15, 0.2) is 0 Å². The van der Waals surface area contributed by atoms with Gasteiger partial charge >= 0.3 is 0 Å². The number of likely N-dealkylation sites (tertiary alicyclic amines) is 1. The number of carbonyl (C=O) groups is 2. The summed E-state index contributed by atoms with van der Waals surface area (Å²) < 4.78 is 5.17. The summed E-state index contributed by atoms with van der Waals surface area (Å²) in [5, 5.41) is 2.77. The third kappa shape index (κ3) is 5.60. The summed E-state index contributed by atoms with van der Waals surface area (Å²) in [6.07, 6.45) is 3.25. The minimum Gasteiger partial charge on any atom is -0.383 e. The van der Waals surface area contributed by atoms with E-state index in [-0.39, 0.29) is 11.7 Å². The van der Waals surface area contributed by atoms with Crippen LogP contribution in [0.2, 0.25) is 0 Å². The minimum atomic E-state index is 0.0271. The van der Waals surface area contributed by atoms with Gasteiger partial charge < -0.3 is 10.1 Å². The van der Waals surface area contributed by atoms with Crippen LogP contribution in [0.25, 0.3) is 0 Å². The lowest BCUT2D eigenvalue weighted by Gasteiger charge is -2.23. The molecule has 0 spiro atoms. The van der Waals surface area contributed by atoms with Crippen LogP contribution in [0.3, 0.4) is 0 Å². The summed E-state index contributed by atoms with van der Waals surface area (Å²) >= 11 is 0. The van der Waals surface area contributed by atoms with Gasteiger partial charge in [-0.1, -0.05) is 0 Å². The Hall–Kier alpha value is -0.940. The molecule has 1 heterocycles. The first-order chi connectivity index (χ1) is 8.63. The van der Waals surface area contributed by atoms with Gasteiger partial charge in [-0.05, 0) is 26.3 Å². The molecule has 0 aliphatic carbocycles. The largest absolute Gasteiger partial charge is 0.383 e. The highest BCUT2D eigenvalue weighted by Crippen LogP contribution is 2.17. The van der Waals surface area contributed by atoms with Gasteiger partial charge in [-0.25, -0.2) is 0 Å². The summed E-state index contributed by atoms with van der Waals surface area (Å²) in [6, 6.07) is 0.458. The SMILES string of the molecule is COC[C@@H]1CCCN1CCC(=O)NCCC(C)=O. The van der Waals surface area contributed by atoms with E-state index in [4.69, 9.17) is 4.74 Å². The van der Waals surface area contributed by atoms with Gasteiger partial charge in [-0.3, -0.25) is 14.5 Å². The fourth-order valence-electron chi connectivity index (χ4n) is 2.28. The number of Topliss-reactive ketones (excluding diaryl/α,β-unsaturated/α-hetero) is 1. The number of methoxy groups -OCH3 is 1. The molecule has 0 bridgehead atoms. The van der Waals surface area contributed by atoms with E-state index in [1.807, 2.05) is 0 Å². The predicted octanol–water partition coefficient (Wildman–Crippen LogP) is 0.583. The normalized spacial score (nSPS) is 20.0. The van der Waals surface area contributed by atoms with E-state index in [2.05, 4.69) is 10.2 Å². The van der Waals surface area contributed by atoms with E-state index in [0.717, 1.165) is 26.1 Å². The average molecular weight is 256 g/mol. The zero-order valence-corrected chi connectivity index (χ0v) is 11.4. The molecule has 0 radical (unpaired) electrons. The summed E-state index contributed by atoms with van der Waals surface area (Å²) in [6.45, 7) is 4.56. The molecule has 0 unspecified atom stereocenters. The highest BCUT2D eigenvalue weighted by Gasteiger charge is 2.24. The number of hydrogen-bond acceptors (Lipinski definition) is 4. The van der Waals surface area contributed by atoms with Gasteiger partial charge in [0, 0.05) is 39.1 Å². The maximum atomic E-state index is 11.6. The second-order valence-corrected chi connectivity index (χ2v) is 4.84. The lowest BCUT2D eigenvalue weighted by Crippen LogP contribution is -2.36. The van der Waals surface area contributed by atoms with Crippen LogP contribution in [-0.2, 0) is 14.3 Å². The van der Waals surface area contributed by atoms with Crippen molar-refractivity contribution in [3.8, 4) is 0 Å². The van der Waals surface area contributed by atoms with Crippen molar-refractivity contribution in [1.82, 2.24) is 10.2 Å². The van der Waals surface area contributed by atoms with Crippen LogP contribution in [0.1, 0.15) is 32.6 Å². The molecule has 1 fully saturated rings. The molecule has 0 aromatic heterocycles. The zero-order valence-electron chi connectivity index (χ0n) is 11.4. The molecule has 18 heavy (non-hydrogen) atoms. The molecule has 1 amide bonds. The van der Waals surface area contributed by atoms with E-state index in [1.165, 1.54) is 13.3 Å². The lowest BCUT2D eigenvalue weighted by molar-refractivity contribution is -0.121. The smallest absolute Gasteiger partial charge is 0.221 e. The summed E-state index contributed by atoms with van der Waals surface area (Å²) in [4.78, 5) is 24.6. The van der Waals surface area contributed by atoms with Crippen molar-refractivity contribution in [1.29, 1.82) is 0 Å². The van der Waals surface area contributed by atoms with Crippen molar-refractivity contribution in [3.63, 3.8) is 0 Å². The van der Waals surface area contributed by atoms with E-state index in [0.29, 0.717) is 25.4 Å². The molecule has 1 saturated heterocycles. The number of carbonyl (C=O) groups excluding carboxylic acids is 2. The van der Waals surface area contributed by atoms with Crippen LogP contribution >= 0.6 is 0 Å². The van der Waals surface area contributed by atoms with Gasteiger partial charge in [0.25, 0.3) is 0 Å². The molecule has 1 aliphatic rings. The Balaban J connectivity index is 2.15. The molecule has 1 N–H and O–H groups in total. The molecular formula is C13H24N2O3. The van der Waals surface area contributed by atoms with Crippen LogP contribution in [0.5, 0.6) is 0 Å². The van der Waals surface area contributed by atoms with Gasteiger partial charge in [0.2, 0.25) is 5.91 Å². The Bertz CT molecular complexity index is 281. The second kappa shape index (κ2) is 8.21. The Morgan fingerprint density at radius 2 is 2.17 bits per heavy atom. The Labute approximate surface area is 109 Å². The number of ether oxygens (including phenoxy) is 1. The third-order valence-corrected chi connectivity index (χ3v) is 3.28. The highest BCUT2D eigenvalue weighted by atomic mass is 16.5. The van der Waals surface area contributed by atoms with Crippen molar-refractivity contribution in [2.75, 3.05) is 33.4 Å². The monoisotopic (exact) mass is 256 g/mol. The maximum Gasteiger partial charge on any atom is 0.221 e. The van der Waals surface area contributed by atoms with E-state index in [9.17, 15) is 9.59 Å². The molecular weight excluding hydrogens is 232 g/mol. The first-order valence-corrected chi connectivity index (χ1v) is 6.62. The second-order valence-electron chi connectivity index (χ2n) is 4.84. The predicted molar refractivity (Wildman–Crippen MR) is 69.4 cm³/mol. The number of nitrogens with zero attached hydrogens (tertiary/aromatic N) is 1. The lowest BCUT2D eigenvalue weighted by atomic mass is 10.2. The molecule has 5 nitrogen and oxygen atoms in total. The topological polar surface area (TPSA) is 58.6 Å². The van der Waals surface area contributed by atoms with Crippen molar-refractivity contribution in [3.05, 3.63) is 0 Å². The fourth-order valence-corrected chi connectivity index (χ4v) is 2.28. The molecule has 104 valence electrons. The van der Waals surface area contributed by atoms with E-state index >= 15 is 0 Å². The van der Waals surface area contributed by atoms with Crippen molar-refractivity contribution >= 4 is 11.7 Å². The van der Waals surface area contributed by atoms with Crippen molar-refractivity contribution < 1.29 is 14.3 Å². The average Bonchev–Trinajstić information content (AvgIpc) is 2.74. The van der Waals surface area contributed by atoms with E-state index < -0.39 is 0 Å². The van der Waals surface area contributed by atoms with Crippen molar-refractivity contribution in [2.24, 2.45) is 0 Å². The molecule has 1 aliphatic heterocycles. The minimum absolute atomic E-state index is 0.0271. The summed E-state index contributed by atoms with van der Waals surface area (Å²) in [7, 11) is 1.71. The number of hydrogen-bond donors (Lipinski definition) is 1. The Morgan fingerprint density at radius 3 is 2.83 bits per heavy atom. The van der Waals surface area contributed by atoms with Gasteiger partial charge in [-0.15, -0.1) is 0 Å². The zero-order chi connectivity index (χ0) is 13.4. The maximum absolute atomic E-state index is 11.6. The van der Waals surface area contributed by atoms with Gasteiger partial charge in [0.1, 0.15) is 5.78 Å². The number of ketones is 1. The number of rotatable bonds is 8. The van der Waals surface area contributed by atoms with Crippen LogP contribution < -0.4 is 5.32 Å². The Morgan fingerprint density at radius 1 is 1.39 bits per heavy atom. The van der Waals surface area contributed by atoms with E-state index in [1.54, 1.807) is 7.11 Å². The Kier molecular flexibility index (Phi) is 6.90. The first-order valence-electron chi connectivity index (χ1n) is 6.62. The van der Waals surface area contributed by atoms with Gasteiger partial charge in [-0.2, -0.15) is 0 Å². The molecule has 0 saturated carbocycles. The summed E-state index contributed by atoms with van der Waals surface area (Å²) in [5.74, 6) is 0.134. The molecule has 1 atom stereocenters. The van der Waals surface area contributed by atoms with Gasteiger partial charge in [0.05, 0.1) is 6.61 Å². The standard InChI is InChI=1S/C13H24N2O3/c1-11(16)5-7-14-13(17)6-9-15-8-3-4-12(15)10-18-2/h12H,3-10H2,1-2H3,(H,14,17)/t12-/m0/s1. The number of nitrogens with one attached hydrogen (secondary N) is 1. The van der Waals surface area contributed by atoms with Crippen LogP contribution in [0, 0.1) is 0 Å². The highest BCUT2D eigenvalue weighted by molar-refractivity contribution is 5.78. The molecule has 0 aromatic carbocycles. The molecule has 1 rings (SSSR count). The van der Waals surface area contributed by atoms with Crippen LogP contribution in [-0.4, -0.2) is 56.0 Å². The molecule has 5 heteroatoms. The van der Waals surface area contributed by atoms with Crippen LogP contribution in [0.4, 0.5) is 0 Å². The summed E-state index contributed by atoms with van der Waals surface area (Å²) in [5.41, 5.74) is 0.